The van der Waals surface area contributed by atoms with Crippen molar-refractivity contribution in [2.24, 2.45) is 0 Å². The number of rotatable bonds is 11. The molecule has 0 radical (unpaired) electrons. The first kappa shape index (κ1) is 21.0. The number of hydrogen-bond acceptors (Lipinski definition) is 2. The fourth-order valence-corrected chi connectivity index (χ4v) is 2.79. The van der Waals surface area contributed by atoms with Gasteiger partial charge in [-0.3, -0.25) is 4.79 Å². The standard InChI is InChI=1S/C22H27F2NO2/c1-2-3-15-27-16-14-25(22(26)19-8-5-4-6-9-19)13-7-10-18-11-12-20(23)17-21(18)24/h4-6,8-9,11-12,17H,2-3,7,10,13-16H2,1H3. The lowest BCUT2D eigenvalue weighted by atomic mass is 10.1. The van der Waals surface area contributed by atoms with Crippen molar-refractivity contribution in [2.75, 3.05) is 26.3 Å². The van der Waals surface area contributed by atoms with Gasteiger partial charge in [-0.1, -0.05) is 37.6 Å². The van der Waals surface area contributed by atoms with E-state index in [2.05, 4.69) is 6.92 Å². The van der Waals surface area contributed by atoms with Gasteiger partial charge >= 0.3 is 0 Å². The summed E-state index contributed by atoms with van der Waals surface area (Å²) < 4.78 is 32.4. The number of halogens is 2. The van der Waals surface area contributed by atoms with E-state index in [-0.39, 0.29) is 5.91 Å². The molecule has 0 saturated carbocycles. The molecule has 0 saturated heterocycles. The van der Waals surface area contributed by atoms with E-state index in [0.29, 0.717) is 50.3 Å². The first-order valence-electron chi connectivity index (χ1n) is 9.47. The van der Waals surface area contributed by atoms with E-state index in [1.54, 1.807) is 17.0 Å². The van der Waals surface area contributed by atoms with Crippen molar-refractivity contribution in [3.05, 3.63) is 71.3 Å². The summed E-state index contributed by atoms with van der Waals surface area (Å²) in [5.41, 5.74) is 1.08. The molecule has 146 valence electrons. The third-order valence-electron chi connectivity index (χ3n) is 4.34. The average Bonchev–Trinajstić information content (AvgIpc) is 2.68. The molecule has 27 heavy (non-hydrogen) atoms. The van der Waals surface area contributed by atoms with Crippen LogP contribution in [0.5, 0.6) is 0 Å². The highest BCUT2D eigenvalue weighted by atomic mass is 19.1. The Balaban J connectivity index is 1.93. The van der Waals surface area contributed by atoms with Crippen molar-refractivity contribution in [3.63, 3.8) is 0 Å². The zero-order valence-electron chi connectivity index (χ0n) is 15.8. The van der Waals surface area contributed by atoms with Crippen LogP contribution in [0.3, 0.4) is 0 Å². The Bertz CT molecular complexity index is 707. The second-order valence-electron chi connectivity index (χ2n) is 6.46. The van der Waals surface area contributed by atoms with E-state index < -0.39 is 11.6 Å². The van der Waals surface area contributed by atoms with Gasteiger partial charge in [0.25, 0.3) is 5.91 Å². The van der Waals surface area contributed by atoms with Crippen LogP contribution in [-0.4, -0.2) is 37.1 Å². The first-order chi connectivity index (χ1) is 13.1. The Labute approximate surface area is 160 Å². The Morgan fingerprint density at radius 3 is 2.48 bits per heavy atom. The van der Waals surface area contributed by atoms with Gasteiger partial charge < -0.3 is 9.64 Å². The lowest BCUT2D eigenvalue weighted by Crippen LogP contribution is -2.35. The van der Waals surface area contributed by atoms with Crippen molar-refractivity contribution in [1.29, 1.82) is 0 Å². The maximum absolute atomic E-state index is 13.8. The Morgan fingerprint density at radius 1 is 1.00 bits per heavy atom. The first-order valence-corrected chi connectivity index (χ1v) is 9.47. The van der Waals surface area contributed by atoms with Gasteiger partial charge in [-0.15, -0.1) is 0 Å². The van der Waals surface area contributed by atoms with Gasteiger partial charge in [0.05, 0.1) is 6.61 Å². The van der Waals surface area contributed by atoms with E-state index in [0.717, 1.165) is 18.9 Å². The topological polar surface area (TPSA) is 29.5 Å². The molecule has 0 aliphatic carbocycles. The predicted molar refractivity (Wildman–Crippen MR) is 103 cm³/mol. The molecule has 0 unspecified atom stereocenters. The fourth-order valence-electron chi connectivity index (χ4n) is 2.79. The van der Waals surface area contributed by atoms with Gasteiger partial charge in [0.2, 0.25) is 0 Å². The Hall–Kier alpha value is -2.27. The molecule has 2 aromatic rings. The number of aryl methyl sites for hydroxylation is 1. The molecule has 0 heterocycles. The van der Waals surface area contributed by atoms with Gasteiger partial charge in [0.1, 0.15) is 11.6 Å². The quantitative estimate of drug-likeness (QED) is 0.525. The van der Waals surface area contributed by atoms with E-state index in [1.807, 2.05) is 18.2 Å². The number of unbranched alkanes of at least 4 members (excludes halogenated alkanes) is 1. The molecule has 3 nitrogen and oxygen atoms in total. The summed E-state index contributed by atoms with van der Waals surface area (Å²) in [5, 5.41) is 0. The van der Waals surface area contributed by atoms with Gasteiger partial charge in [0, 0.05) is 31.3 Å². The van der Waals surface area contributed by atoms with E-state index >= 15 is 0 Å². The smallest absolute Gasteiger partial charge is 0.253 e. The summed E-state index contributed by atoms with van der Waals surface area (Å²) >= 11 is 0. The molecular weight excluding hydrogens is 348 g/mol. The van der Waals surface area contributed by atoms with Crippen LogP contribution in [0, 0.1) is 11.6 Å². The lowest BCUT2D eigenvalue weighted by Gasteiger charge is -2.23. The molecule has 0 spiro atoms. The second kappa shape index (κ2) is 11.4. The molecule has 0 bridgehead atoms. The van der Waals surface area contributed by atoms with Gasteiger partial charge in [0.15, 0.2) is 0 Å². The van der Waals surface area contributed by atoms with Crippen LogP contribution in [0.25, 0.3) is 0 Å². The summed E-state index contributed by atoms with van der Waals surface area (Å²) in [4.78, 5) is 14.5. The highest BCUT2D eigenvalue weighted by molar-refractivity contribution is 5.94. The molecule has 2 rings (SSSR count). The zero-order valence-corrected chi connectivity index (χ0v) is 15.8. The van der Waals surface area contributed by atoms with Crippen LogP contribution in [-0.2, 0) is 11.2 Å². The maximum Gasteiger partial charge on any atom is 0.253 e. The van der Waals surface area contributed by atoms with Crippen molar-refractivity contribution in [2.45, 2.75) is 32.6 Å². The van der Waals surface area contributed by atoms with Crippen LogP contribution >= 0.6 is 0 Å². The van der Waals surface area contributed by atoms with Gasteiger partial charge in [-0.25, -0.2) is 8.78 Å². The van der Waals surface area contributed by atoms with Crippen LogP contribution in [0.1, 0.15) is 42.1 Å². The number of benzene rings is 2. The molecule has 1 amide bonds. The summed E-state index contributed by atoms with van der Waals surface area (Å²) in [6.45, 7) is 4.24. The average molecular weight is 375 g/mol. The number of carbonyl (C=O) groups is 1. The van der Waals surface area contributed by atoms with Crippen molar-refractivity contribution in [1.82, 2.24) is 4.90 Å². The molecule has 0 aromatic heterocycles. The number of carbonyl (C=O) groups excluding carboxylic acids is 1. The van der Waals surface area contributed by atoms with Crippen LogP contribution < -0.4 is 0 Å². The summed E-state index contributed by atoms with van der Waals surface area (Å²) in [6.07, 6.45) is 3.10. The number of ether oxygens (including phenoxy) is 1. The SMILES string of the molecule is CCCCOCCN(CCCc1ccc(F)cc1F)C(=O)c1ccccc1. The van der Waals surface area contributed by atoms with Gasteiger partial charge in [-0.05, 0) is 43.0 Å². The maximum atomic E-state index is 13.8. The molecule has 5 heteroatoms. The third-order valence-corrected chi connectivity index (χ3v) is 4.34. The highest BCUT2D eigenvalue weighted by Gasteiger charge is 2.15. The largest absolute Gasteiger partial charge is 0.380 e. The van der Waals surface area contributed by atoms with Crippen molar-refractivity contribution >= 4 is 5.91 Å². The highest BCUT2D eigenvalue weighted by Crippen LogP contribution is 2.13. The van der Waals surface area contributed by atoms with Crippen LogP contribution in [0.4, 0.5) is 8.78 Å². The van der Waals surface area contributed by atoms with E-state index in [1.165, 1.54) is 12.1 Å². The lowest BCUT2D eigenvalue weighted by molar-refractivity contribution is 0.0636. The fraction of sp³-hybridized carbons (Fsp3) is 0.409. The summed E-state index contributed by atoms with van der Waals surface area (Å²) in [6, 6.07) is 12.7. The van der Waals surface area contributed by atoms with Gasteiger partial charge in [-0.2, -0.15) is 0 Å². The minimum Gasteiger partial charge on any atom is -0.380 e. The Kier molecular flexibility index (Phi) is 8.92. The minimum absolute atomic E-state index is 0.0609. The summed E-state index contributed by atoms with van der Waals surface area (Å²) in [7, 11) is 0. The minimum atomic E-state index is -0.582. The van der Waals surface area contributed by atoms with Crippen molar-refractivity contribution < 1.29 is 18.3 Å². The van der Waals surface area contributed by atoms with Crippen LogP contribution in [0.2, 0.25) is 0 Å². The third kappa shape index (κ3) is 7.10. The van der Waals surface area contributed by atoms with Crippen LogP contribution in [0.15, 0.2) is 48.5 Å². The molecule has 2 aromatic carbocycles. The second-order valence-corrected chi connectivity index (χ2v) is 6.46. The number of amides is 1. The monoisotopic (exact) mass is 375 g/mol. The Morgan fingerprint density at radius 2 is 1.78 bits per heavy atom. The molecule has 0 N–H and O–H groups in total. The predicted octanol–water partition coefficient (Wildman–Crippen LogP) is 4.86. The summed E-state index contributed by atoms with van der Waals surface area (Å²) in [5.74, 6) is -1.19. The molecule has 0 aliphatic rings. The molecule has 0 fully saturated rings. The molecular formula is C22H27F2NO2. The molecule has 0 aliphatic heterocycles. The number of hydrogen-bond donors (Lipinski definition) is 0. The molecule has 0 atom stereocenters. The van der Waals surface area contributed by atoms with Crippen molar-refractivity contribution in [3.8, 4) is 0 Å². The number of nitrogens with zero attached hydrogens (tertiary/aromatic N) is 1. The van der Waals surface area contributed by atoms with E-state index in [9.17, 15) is 13.6 Å². The van der Waals surface area contributed by atoms with E-state index in [4.69, 9.17) is 4.74 Å². The normalized spacial score (nSPS) is 10.8. The zero-order chi connectivity index (χ0) is 19.5.